The molecule has 0 radical (unpaired) electrons. The van der Waals surface area contributed by atoms with Crippen LogP contribution in [0.25, 0.3) is 88.6 Å². The van der Waals surface area contributed by atoms with Gasteiger partial charge in [0, 0.05) is 0 Å². The molecule has 0 aliphatic heterocycles. The third-order valence-electron chi connectivity index (χ3n) is 9.64. The minimum absolute atomic E-state index is 1.18. The fraction of sp³-hybridized carbons (Fsp3) is 0. The van der Waals surface area contributed by atoms with Gasteiger partial charge in [-0.1, -0.05) is 188 Å². The quantitative estimate of drug-likeness (QED) is 0.135. The molecule has 224 valence electrons. The molecule has 9 rings (SSSR count). The molecule has 0 saturated heterocycles. The number of benzene rings is 9. The standard InChI is InChI=1S/C48H32/c1-2-12-35(13-3-1)36-28-24-33(25-29-36)22-23-34-26-30-37(31-27-34)46-42-18-8-10-20-44(42)48(45-21-11-9-19-43(45)46)47-40-16-6-4-14-38(40)32-39-15-5-7-17-41(39)47/h1-32H/b23-22+. The molecule has 0 fully saturated rings. The fourth-order valence-electron chi connectivity index (χ4n) is 7.36. The lowest BCUT2D eigenvalue weighted by Crippen LogP contribution is -1.93. The summed E-state index contributed by atoms with van der Waals surface area (Å²) in [4.78, 5) is 0. The second-order valence-electron chi connectivity index (χ2n) is 12.5. The van der Waals surface area contributed by atoms with Crippen molar-refractivity contribution in [2.75, 3.05) is 0 Å². The van der Waals surface area contributed by atoms with E-state index in [0.717, 1.165) is 0 Å². The molecule has 0 amide bonds. The maximum Gasteiger partial charge on any atom is -0.00139 e. The van der Waals surface area contributed by atoms with Crippen molar-refractivity contribution >= 4 is 55.2 Å². The molecule has 0 heteroatoms. The van der Waals surface area contributed by atoms with Crippen LogP contribution < -0.4 is 0 Å². The van der Waals surface area contributed by atoms with E-state index in [1.54, 1.807) is 0 Å². The molecule has 0 bridgehead atoms. The van der Waals surface area contributed by atoms with Crippen LogP contribution in [-0.4, -0.2) is 0 Å². The number of hydrogen-bond acceptors (Lipinski definition) is 0. The zero-order valence-electron chi connectivity index (χ0n) is 26.5. The summed E-state index contributed by atoms with van der Waals surface area (Å²) in [6, 6.07) is 66.2. The third-order valence-corrected chi connectivity index (χ3v) is 9.64. The molecule has 0 heterocycles. The molecule has 9 aromatic rings. The van der Waals surface area contributed by atoms with Gasteiger partial charge in [0.2, 0.25) is 0 Å². The smallest absolute Gasteiger partial charge is 0.00139 e. The largest absolute Gasteiger partial charge is 0.0622 e. The summed E-state index contributed by atoms with van der Waals surface area (Å²) in [5, 5.41) is 10.2. The van der Waals surface area contributed by atoms with Crippen molar-refractivity contribution < 1.29 is 0 Å². The van der Waals surface area contributed by atoms with E-state index in [0.29, 0.717) is 0 Å². The van der Waals surface area contributed by atoms with Crippen LogP contribution in [0.1, 0.15) is 11.1 Å². The van der Waals surface area contributed by atoms with Gasteiger partial charge in [-0.15, -0.1) is 0 Å². The van der Waals surface area contributed by atoms with Gasteiger partial charge < -0.3 is 0 Å². The van der Waals surface area contributed by atoms with Crippen molar-refractivity contribution in [1.82, 2.24) is 0 Å². The minimum atomic E-state index is 1.18. The van der Waals surface area contributed by atoms with Crippen LogP contribution in [0.15, 0.2) is 182 Å². The van der Waals surface area contributed by atoms with E-state index in [2.05, 4.69) is 194 Å². The van der Waals surface area contributed by atoms with Crippen LogP contribution >= 0.6 is 0 Å². The van der Waals surface area contributed by atoms with Gasteiger partial charge in [-0.3, -0.25) is 0 Å². The highest BCUT2D eigenvalue weighted by atomic mass is 14.2. The molecule has 0 spiro atoms. The molecular weight excluding hydrogens is 577 g/mol. The van der Waals surface area contributed by atoms with Gasteiger partial charge in [-0.05, 0) is 93.7 Å². The minimum Gasteiger partial charge on any atom is -0.0622 e. The Balaban J connectivity index is 1.17. The molecule has 0 aliphatic carbocycles. The van der Waals surface area contributed by atoms with Gasteiger partial charge >= 0.3 is 0 Å². The fourth-order valence-corrected chi connectivity index (χ4v) is 7.36. The second kappa shape index (κ2) is 11.8. The Bertz CT molecular complexity index is 2510. The van der Waals surface area contributed by atoms with E-state index in [9.17, 15) is 0 Å². The molecule has 0 N–H and O–H groups in total. The first-order valence-electron chi connectivity index (χ1n) is 16.6. The molecule has 48 heavy (non-hydrogen) atoms. The maximum absolute atomic E-state index is 2.32. The first-order valence-corrected chi connectivity index (χ1v) is 16.6. The lowest BCUT2D eigenvalue weighted by atomic mass is 9.83. The first kappa shape index (κ1) is 28.0. The van der Waals surface area contributed by atoms with E-state index >= 15 is 0 Å². The molecular formula is C48H32. The lowest BCUT2D eigenvalue weighted by molar-refractivity contribution is 1.60. The van der Waals surface area contributed by atoms with Gasteiger partial charge in [0.05, 0.1) is 0 Å². The summed E-state index contributed by atoms with van der Waals surface area (Å²) in [5.74, 6) is 0. The normalized spacial score (nSPS) is 11.7. The monoisotopic (exact) mass is 608 g/mol. The number of fused-ring (bicyclic) bond motifs is 4. The predicted molar refractivity (Wildman–Crippen MR) is 208 cm³/mol. The van der Waals surface area contributed by atoms with E-state index in [-0.39, 0.29) is 0 Å². The Kier molecular flexibility index (Phi) is 6.91. The number of hydrogen-bond donors (Lipinski definition) is 0. The van der Waals surface area contributed by atoms with E-state index in [1.807, 2.05) is 0 Å². The summed E-state index contributed by atoms with van der Waals surface area (Å²) in [6.45, 7) is 0. The highest BCUT2D eigenvalue weighted by Gasteiger charge is 2.19. The first-order chi connectivity index (χ1) is 23.8. The molecule has 0 aromatic heterocycles. The molecule has 0 aliphatic rings. The summed E-state index contributed by atoms with van der Waals surface area (Å²) < 4.78 is 0. The van der Waals surface area contributed by atoms with Crippen molar-refractivity contribution in [2.24, 2.45) is 0 Å². The average molecular weight is 609 g/mol. The van der Waals surface area contributed by atoms with Gasteiger partial charge in [-0.25, -0.2) is 0 Å². The predicted octanol–water partition coefficient (Wildman–Crippen LogP) is 13.5. The van der Waals surface area contributed by atoms with Crippen LogP contribution in [-0.2, 0) is 0 Å². The van der Waals surface area contributed by atoms with Crippen molar-refractivity contribution in [3.05, 3.63) is 193 Å². The van der Waals surface area contributed by atoms with Crippen LogP contribution in [0.2, 0.25) is 0 Å². The summed E-state index contributed by atoms with van der Waals surface area (Å²) in [6.07, 6.45) is 4.39. The van der Waals surface area contributed by atoms with E-state index < -0.39 is 0 Å². The Labute approximate surface area is 280 Å². The van der Waals surface area contributed by atoms with Crippen LogP contribution in [0.4, 0.5) is 0 Å². The summed E-state index contributed by atoms with van der Waals surface area (Å²) >= 11 is 0. The summed E-state index contributed by atoms with van der Waals surface area (Å²) in [5.41, 5.74) is 9.95. The van der Waals surface area contributed by atoms with Crippen LogP contribution in [0, 0.1) is 0 Å². The highest BCUT2D eigenvalue weighted by Crippen LogP contribution is 2.47. The Morgan fingerprint density at radius 1 is 0.250 bits per heavy atom. The van der Waals surface area contributed by atoms with Crippen molar-refractivity contribution in [3.8, 4) is 33.4 Å². The zero-order chi connectivity index (χ0) is 31.9. The Hall–Kier alpha value is -6.24. The average Bonchev–Trinajstić information content (AvgIpc) is 3.16. The maximum atomic E-state index is 2.32. The Morgan fingerprint density at radius 2 is 0.604 bits per heavy atom. The van der Waals surface area contributed by atoms with E-state index in [4.69, 9.17) is 0 Å². The van der Waals surface area contributed by atoms with Crippen LogP contribution in [0.3, 0.4) is 0 Å². The van der Waals surface area contributed by atoms with E-state index in [1.165, 1.54) is 87.6 Å². The van der Waals surface area contributed by atoms with Crippen molar-refractivity contribution in [3.63, 3.8) is 0 Å². The van der Waals surface area contributed by atoms with Gasteiger partial charge in [0.15, 0.2) is 0 Å². The van der Waals surface area contributed by atoms with Crippen molar-refractivity contribution in [1.29, 1.82) is 0 Å². The van der Waals surface area contributed by atoms with Gasteiger partial charge in [0.25, 0.3) is 0 Å². The molecule has 9 aromatic carbocycles. The SMILES string of the molecule is C(=C\c1ccc(-c2c3ccccc3c(-c3c4ccccc4cc4ccccc34)c3ccccc23)cc1)/c1ccc(-c2ccccc2)cc1. The van der Waals surface area contributed by atoms with Gasteiger partial charge in [0.1, 0.15) is 0 Å². The lowest BCUT2D eigenvalue weighted by Gasteiger charge is -2.20. The number of rotatable bonds is 5. The second-order valence-corrected chi connectivity index (χ2v) is 12.5. The molecule has 0 unspecified atom stereocenters. The third kappa shape index (κ3) is 4.87. The van der Waals surface area contributed by atoms with Crippen molar-refractivity contribution in [2.45, 2.75) is 0 Å². The Morgan fingerprint density at radius 3 is 1.10 bits per heavy atom. The summed E-state index contributed by atoms with van der Waals surface area (Å²) in [7, 11) is 0. The molecule has 0 nitrogen and oxygen atoms in total. The highest BCUT2D eigenvalue weighted by molar-refractivity contribution is 6.27. The zero-order valence-corrected chi connectivity index (χ0v) is 26.5. The molecule has 0 atom stereocenters. The van der Waals surface area contributed by atoms with Crippen LogP contribution in [0.5, 0.6) is 0 Å². The topological polar surface area (TPSA) is 0 Å². The molecule has 0 saturated carbocycles. The van der Waals surface area contributed by atoms with Gasteiger partial charge in [-0.2, -0.15) is 0 Å².